The molecular formula is C29H27F4N3O2. The Balaban J connectivity index is 1.49. The van der Waals surface area contributed by atoms with Crippen LogP contribution >= 0.6 is 0 Å². The highest BCUT2D eigenvalue weighted by Gasteiger charge is 2.22. The normalized spacial score (nSPS) is 12.5. The molecule has 3 aromatic carbocycles. The van der Waals surface area contributed by atoms with Crippen molar-refractivity contribution in [3.05, 3.63) is 101 Å². The number of ether oxygens (including phenoxy) is 2. The van der Waals surface area contributed by atoms with Gasteiger partial charge in [-0.3, -0.25) is 4.90 Å². The number of imidazole rings is 1. The summed E-state index contributed by atoms with van der Waals surface area (Å²) in [5.41, 5.74) is 2.07. The molecule has 0 N–H and O–H groups in total. The van der Waals surface area contributed by atoms with Crippen molar-refractivity contribution in [2.45, 2.75) is 45.9 Å². The van der Waals surface area contributed by atoms with E-state index in [4.69, 9.17) is 9.47 Å². The summed E-state index contributed by atoms with van der Waals surface area (Å²) in [4.78, 5) is 6.43. The van der Waals surface area contributed by atoms with Crippen LogP contribution in [0.3, 0.4) is 0 Å². The van der Waals surface area contributed by atoms with Crippen LogP contribution < -0.4 is 9.47 Å². The minimum absolute atomic E-state index is 0.130. The van der Waals surface area contributed by atoms with Gasteiger partial charge in [0.15, 0.2) is 23.1 Å². The third-order valence-electron chi connectivity index (χ3n) is 6.53. The Hall–Kier alpha value is -3.85. The predicted molar refractivity (Wildman–Crippen MR) is 134 cm³/mol. The molecule has 0 unspecified atom stereocenters. The summed E-state index contributed by atoms with van der Waals surface area (Å²) < 4.78 is 69.7. The largest absolute Gasteiger partial charge is 0.454 e. The molecule has 2 heterocycles. The molecule has 0 radical (unpaired) electrons. The standard InChI is InChI=1S/C29H27F4N3O2/c1-2-3-12-36-22(14-34-29(36)20-5-7-21(30)8-6-20)16-35(17-23-24(31)9-10-25(32)28(23)33)15-19-4-11-26-27(13-19)38-18-37-26/h4-11,13-14H,2-3,12,15-18H2,1H3. The first kappa shape index (κ1) is 25.8. The number of hydrogen-bond acceptors (Lipinski definition) is 4. The van der Waals surface area contributed by atoms with Crippen molar-refractivity contribution in [3.8, 4) is 22.9 Å². The van der Waals surface area contributed by atoms with E-state index >= 15 is 0 Å². The first-order valence-electron chi connectivity index (χ1n) is 12.5. The Morgan fingerprint density at radius 3 is 2.42 bits per heavy atom. The maximum atomic E-state index is 14.7. The fraction of sp³-hybridized carbons (Fsp3) is 0.276. The Morgan fingerprint density at radius 2 is 1.63 bits per heavy atom. The van der Waals surface area contributed by atoms with Gasteiger partial charge < -0.3 is 14.0 Å². The fourth-order valence-electron chi connectivity index (χ4n) is 4.56. The maximum absolute atomic E-state index is 14.7. The lowest BCUT2D eigenvalue weighted by Crippen LogP contribution is -2.25. The number of nitrogens with zero attached hydrogens (tertiary/aromatic N) is 3. The van der Waals surface area contributed by atoms with Gasteiger partial charge in [0.05, 0.1) is 11.9 Å². The molecule has 0 atom stereocenters. The van der Waals surface area contributed by atoms with Crippen LogP contribution in [0, 0.1) is 23.3 Å². The third kappa shape index (κ3) is 5.52. The molecule has 0 bridgehead atoms. The Labute approximate surface area is 218 Å². The van der Waals surface area contributed by atoms with E-state index in [0.29, 0.717) is 30.4 Å². The first-order valence-corrected chi connectivity index (χ1v) is 12.5. The van der Waals surface area contributed by atoms with Crippen LogP contribution in [0.25, 0.3) is 11.4 Å². The molecule has 1 aromatic heterocycles. The maximum Gasteiger partial charge on any atom is 0.231 e. The number of halogens is 4. The minimum Gasteiger partial charge on any atom is -0.454 e. The summed E-state index contributed by atoms with van der Waals surface area (Å²) in [5.74, 6) is -1.55. The number of unbranched alkanes of at least 4 members (excludes halogenated alkanes) is 1. The molecular weight excluding hydrogens is 498 g/mol. The predicted octanol–water partition coefficient (Wildman–Crippen LogP) is 6.84. The van der Waals surface area contributed by atoms with E-state index < -0.39 is 17.5 Å². The SMILES string of the molecule is CCCCn1c(CN(Cc2ccc3c(c2)OCO3)Cc2c(F)ccc(F)c2F)cnc1-c1ccc(F)cc1. The first-order chi connectivity index (χ1) is 18.4. The summed E-state index contributed by atoms with van der Waals surface area (Å²) in [5, 5.41) is 0. The highest BCUT2D eigenvalue weighted by atomic mass is 19.2. The van der Waals surface area contributed by atoms with Crippen LogP contribution in [-0.4, -0.2) is 21.2 Å². The number of benzene rings is 3. The van der Waals surface area contributed by atoms with Crippen LogP contribution in [0.15, 0.2) is 60.8 Å². The van der Waals surface area contributed by atoms with E-state index in [2.05, 4.69) is 11.9 Å². The highest BCUT2D eigenvalue weighted by molar-refractivity contribution is 5.56. The lowest BCUT2D eigenvalue weighted by molar-refractivity contribution is 0.174. The van der Waals surface area contributed by atoms with Gasteiger partial charge in [-0.2, -0.15) is 0 Å². The van der Waals surface area contributed by atoms with Crippen molar-refractivity contribution in [3.63, 3.8) is 0 Å². The molecule has 5 rings (SSSR count). The zero-order valence-corrected chi connectivity index (χ0v) is 20.9. The number of aromatic nitrogens is 2. The molecule has 4 aromatic rings. The van der Waals surface area contributed by atoms with Crippen molar-refractivity contribution in [2.24, 2.45) is 0 Å². The number of fused-ring (bicyclic) bond motifs is 1. The van der Waals surface area contributed by atoms with Crippen molar-refractivity contribution in [1.29, 1.82) is 0 Å². The lowest BCUT2D eigenvalue weighted by atomic mass is 10.1. The summed E-state index contributed by atoms with van der Waals surface area (Å²) in [7, 11) is 0. The summed E-state index contributed by atoms with van der Waals surface area (Å²) in [6.07, 6.45) is 3.55. The monoisotopic (exact) mass is 525 g/mol. The molecule has 9 heteroatoms. The smallest absolute Gasteiger partial charge is 0.231 e. The van der Waals surface area contributed by atoms with Gasteiger partial charge in [-0.15, -0.1) is 0 Å². The molecule has 0 aliphatic carbocycles. The molecule has 0 fully saturated rings. The fourth-order valence-corrected chi connectivity index (χ4v) is 4.56. The van der Waals surface area contributed by atoms with Crippen LogP contribution in [-0.2, 0) is 26.2 Å². The Bertz CT molecular complexity index is 1420. The second-order valence-electron chi connectivity index (χ2n) is 9.24. The average molecular weight is 526 g/mol. The van der Waals surface area contributed by atoms with E-state index in [1.165, 1.54) is 12.1 Å². The van der Waals surface area contributed by atoms with E-state index in [0.717, 1.165) is 41.8 Å². The Kier molecular flexibility index (Phi) is 7.64. The zero-order valence-electron chi connectivity index (χ0n) is 20.9. The van der Waals surface area contributed by atoms with Crippen LogP contribution in [0.2, 0.25) is 0 Å². The topological polar surface area (TPSA) is 39.5 Å². The molecule has 0 saturated carbocycles. The average Bonchev–Trinajstić information content (AvgIpc) is 3.54. The zero-order chi connectivity index (χ0) is 26.6. The quantitative estimate of drug-likeness (QED) is 0.168. The molecule has 0 amide bonds. The van der Waals surface area contributed by atoms with Crippen molar-refractivity contribution < 1.29 is 27.0 Å². The van der Waals surface area contributed by atoms with E-state index in [9.17, 15) is 17.6 Å². The molecule has 38 heavy (non-hydrogen) atoms. The van der Waals surface area contributed by atoms with Crippen molar-refractivity contribution in [2.75, 3.05) is 6.79 Å². The van der Waals surface area contributed by atoms with Gasteiger partial charge in [-0.1, -0.05) is 19.4 Å². The molecule has 5 nitrogen and oxygen atoms in total. The minimum atomic E-state index is -1.20. The van der Waals surface area contributed by atoms with Gasteiger partial charge in [0, 0.05) is 37.3 Å². The van der Waals surface area contributed by atoms with E-state index in [1.807, 2.05) is 21.6 Å². The van der Waals surface area contributed by atoms with Crippen LogP contribution in [0.4, 0.5) is 17.6 Å². The summed E-state index contributed by atoms with van der Waals surface area (Å²) in [6, 6.07) is 13.3. The van der Waals surface area contributed by atoms with Gasteiger partial charge in [-0.25, -0.2) is 22.5 Å². The lowest BCUT2D eigenvalue weighted by Gasteiger charge is -2.24. The van der Waals surface area contributed by atoms with Gasteiger partial charge in [0.1, 0.15) is 17.5 Å². The van der Waals surface area contributed by atoms with Crippen molar-refractivity contribution >= 4 is 0 Å². The number of rotatable bonds is 10. The second-order valence-corrected chi connectivity index (χ2v) is 9.24. The summed E-state index contributed by atoms with van der Waals surface area (Å²) in [6.45, 7) is 3.28. The second kappa shape index (κ2) is 11.3. The van der Waals surface area contributed by atoms with Crippen LogP contribution in [0.5, 0.6) is 11.5 Å². The molecule has 198 valence electrons. The van der Waals surface area contributed by atoms with Crippen molar-refractivity contribution in [1.82, 2.24) is 14.5 Å². The van der Waals surface area contributed by atoms with Gasteiger partial charge >= 0.3 is 0 Å². The molecule has 1 aliphatic heterocycles. The highest BCUT2D eigenvalue weighted by Crippen LogP contribution is 2.33. The van der Waals surface area contributed by atoms with E-state index in [-0.39, 0.29) is 31.3 Å². The summed E-state index contributed by atoms with van der Waals surface area (Å²) >= 11 is 0. The third-order valence-corrected chi connectivity index (χ3v) is 6.53. The molecule has 0 spiro atoms. The van der Waals surface area contributed by atoms with Gasteiger partial charge in [-0.05, 0) is 60.5 Å². The molecule has 0 saturated heterocycles. The molecule has 1 aliphatic rings. The van der Waals surface area contributed by atoms with Crippen LogP contribution in [0.1, 0.15) is 36.6 Å². The van der Waals surface area contributed by atoms with E-state index in [1.54, 1.807) is 24.4 Å². The number of hydrogen-bond donors (Lipinski definition) is 0. The Morgan fingerprint density at radius 1 is 0.868 bits per heavy atom. The van der Waals surface area contributed by atoms with Gasteiger partial charge in [0.2, 0.25) is 6.79 Å². The van der Waals surface area contributed by atoms with Gasteiger partial charge in [0.25, 0.3) is 0 Å².